The Labute approximate surface area is 171 Å². The Morgan fingerprint density at radius 1 is 1.39 bits per heavy atom. The maximum Gasteiger partial charge on any atom is 0.410 e. The van der Waals surface area contributed by atoms with Crippen molar-refractivity contribution in [2.24, 2.45) is 0 Å². The van der Waals surface area contributed by atoms with E-state index in [4.69, 9.17) is 4.74 Å². The normalized spacial score (nSPS) is 17.3. The number of anilines is 1. The van der Waals surface area contributed by atoms with Crippen molar-refractivity contribution in [2.75, 3.05) is 18.4 Å². The van der Waals surface area contributed by atoms with E-state index in [-0.39, 0.29) is 12.1 Å². The molecule has 3 heterocycles. The van der Waals surface area contributed by atoms with Gasteiger partial charge >= 0.3 is 6.09 Å². The fraction of sp³-hybridized carbons (Fsp3) is 0.474. The minimum absolute atomic E-state index is 0.0120. The van der Waals surface area contributed by atoms with Crippen molar-refractivity contribution in [3.05, 3.63) is 34.9 Å². The van der Waals surface area contributed by atoms with Gasteiger partial charge in [-0.15, -0.1) is 0 Å². The summed E-state index contributed by atoms with van der Waals surface area (Å²) in [5, 5.41) is 3.25. The molecule has 3 rings (SSSR count). The van der Waals surface area contributed by atoms with Gasteiger partial charge in [-0.05, 0) is 61.7 Å². The number of hydrogen-bond acceptors (Lipinski definition) is 6. The number of nitrogens with zero attached hydrogens (tertiary/aromatic N) is 4. The number of pyridine rings is 1. The zero-order valence-corrected chi connectivity index (χ0v) is 17.7. The van der Waals surface area contributed by atoms with Crippen LogP contribution < -0.4 is 5.32 Å². The third-order valence-electron chi connectivity index (χ3n) is 4.14. The fourth-order valence-electron chi connectivity index (χ4n) is 2.95. The summed E-state index contributed by atoms with van der Waals surface area (Å²) in [7, 11) is 0. The van der Waals surface area contributed by atoms with Crippen LogP contribution in [0, 0.1) is 5.95 Å². The van der Waals surface area contributed by atoms with Crippen LogP contribution in [-0.2, 0) is 4.74 Å². The number of nitrogens with one attached hydrogen (secondary N) is 1. The molecule has 0 bridgehead atoms. The molecule has 0 radical (unpaired) electrons. The first kappa shape index (κ1) is 20.4. The molecule has 0 aromatic carbocycles. The molecule has 2 aromatic heterocycles. The topological polar surface area (TPSA) is 80.2 Å². The number of aromatic nitrogens is 3. The van der Waals surface area contributed by atoms with Crippen LogP contribution >= 0.6 is 15.9 Å². The Hall–Kier alpha value is -2.29. The van der Waals surface area contributed by atoms with Crippen LogP contribution in [0.4, 0.5) is 15.1 Å². The van der Waals surface area contributed by atoms with Crippen molar-refractivity contribution < 1.29 is 13.9 Å². The van der Waals surface area contributed by atoms with Crippen molar-refractivity contribution in [1.29, 1.82) is 0 Å². The van der Waals surface area contributed by atoms with E-state index in [9.17, 15) is 9.18 Å². The number of carbonyl (C=O) groups is 1. The molecular weight excluding hydrogens is 429 g/mol. The number of halogens is 2. The van der Waals surface area contributed by atoms with Crippen molar-refractivity contribution >= 4 is 28.0 Å². The van der Waals surface area contributed by atoms with Crippen molar-refractivity contribution in [3.8, 4) is 11.3 Å². The van der Waals surface area contributed by atoms with Gasteiger partial charge in [0.15, 0.2) is 0 Å². The molecule has 9 heteroatoms. The quantitative estimate of drug-likeness (QED) is 0.702. The number of hydrogen-bond donors (Lipinski definition) is 1. The lowest BCUT2D eigenvalue weighted by Crippen LogP contribution is -2.47. The van der Waals surface area contributed by atoms with Crippen LogP contribution in [0.5, 0.6) is 0 Å². The summed E-state index contributed by atoms with van der Waals surface area (Å²) in [6.07, 6.45) is 4.36. The largest absolute Gasteiger partial charge is 0.444 e. The van der Waals surface area contributed by atoms with Crippen LogP contribution in [0.3, 0.4) is 0 Å². The van der Waals surface area contributed by atoms with Gasteiger partial charge in [0.25, 0.3) is 0 Å². The minimum atomic E-state index is -0.596. The minimum Gasteiger partial charge on any atom is -0.444 e. The summed E-state index contributed by atoms with van der Waals surface area (Å²) in [4.78, 5) is 26.3. The maximum atomic E-state index is 14.1. The van der Waals surface area contributed by atoms with Gasteiger partial charge in [-0.3, -0.25) is 0 Å². The zero-order chi connectivity index (χ0) is 20.3. The van der Waals surface area contributed by atoms with E-state index >= 15 is 0 Å². The summed E-state index contributed by atoms with van der Waals surface area (Å²) in [6.45, 7) is 6.69. The molecule has 28 heavy (non-hydrogen) atoms. The summed E-state index contributed by atoms with van der Waals surface area (Å²) < 4.78 is 20.2. The van der Waals surface area contributed by atoms with E-state index in [2.05, 4.69) is 36.2 Å². The average Bonchev–Trinajstić information content (AvgIpc) is 2.63. The van der Waals surface area contributed by atoms with Gasteiger partial charge in [0.2, 0.25) is 11.9 Å². The standard InChI is InChI=1S/C19H23BrFN5O2/c1-19(2,3)28-18(27)26-8-4-5-13(11-26)24-17-22-7-6-15(25-17)14-9-12(20)10-23-16(14)21/h6-7,9-10,13H,4-5,8,11H2,1-3H3,(H,22,24,25)/t13-/m0/s1. The van der Waals surface area contributed by atoms with E-state index in [0.29, 0.717) is 34.8 Å². The average molecular weight is 452 g/mol. The Morgan fingerprint density at radius 3 is 2.93 bits per heavy atom. The summed E-state index contributed by atoms with van der Waals surface area (Å²) in [5.41, 5.74) is 0.194. The number of carbonyl (C=O) groups excluding carboxylic acids is 1. The van der Waals surface area contributed by atoms with Gasteiger partial charge < -0.3 is 15.0 Å². The number of piperidine rings is 1. The van der Waals surface area contributed by atoms with Gasteiger partial charge in [0.1, 0.15) is 5.60 Å². The fourth-order valence-corrected chi connectivity index (χ4v) is 3.28. The Balaban J connectivity index is 1.70. The molecule has 1 saturated heterocycles. The highest BCUT2D eigenvalue weighted by atomic mass is 79.9. The predicted molar refractivity (Wildman–Crippen MR) is 107 cm³/mol. The molecule has 0 unspecified atom stereocenters. The molecule has 1 aliphatic heterocycles. The van der Waals surface area contributed by atoms with E-state index < -0.39 is 11.5 Å². The molecule has 1 amide bonds. The number of rotatable bonds is 3. The first-order valence-electron chi connectivity index (χ1n) is 9.10. The highest BCUT2D eigenvalue weighted by Gasteiger charge is 2.28. The second-order valence-corrected chi connectivity index (χ2v) is 8.58. The number of likely N-dealkylation sites (tertiary alicyclic amines) is 1. The lowest BCUT2D eigenvalue weighted by molar-refractivity contribution is 0.0206. The van der Waals surface area contributed by atoms with E-state index in [1.807, 2.05) is 20.8 Å². The molecular formula is C19H23BrFN5O2. The van der Waals surface area contributed by atoms with Gasteiger partial charge in [0.05, 0.1) is 11.3 Å². The van der Waals surface area contributed by atoms with Gasteiger partial charge in [-0.25, -0.2) is 19.7 Å². The molecule has 7 nitrogen and oxygen atoms in total. The van der Waals surface area contributed by atoms with E-state index in [1.165, 1.54) is 6.20 Å². The summed E-state index contributed by atoms with van der Waals surface area (Å²) >= 11 is 3.30. The van der Waals surface area contributed by atoms with E-state index in [1.54, 1.807) is 23.2 Å². The Kier molecular flexibility index (Phi) is 6.12. The molecule has 1 N–H and O–H groups in total. The molecule has 150 valence electrons. The number of amides is 1. The zero-order valence-electron chi connectivity index (χ0n) is 16.1. The molecule has 2 aromatic rings. The van der Waals surface area contributed by atoms with Gasteiger partial charge in [-0.2, -0.15) is 4.39 Å². The third-order valence-corrected chi connectivity index (χ3v) is 4.58. The third kappa shape index (κ3) is 5.37. The predicted octanol–water partition coefficient (Wildman–Crippen LogP) is 4.25. The Bertz CT molecular complexity index is 858. The van der Waals surface area contributed by atoms with E-state index in [0.717, 1.165) is 12.8 Å². The second kappa shape index (κ2) is 8.38. The van der Waals surface area contributed by atoms with Crippen LogP contribution in [0.15, 0.2) is 29.0 Å². The molecule has 1 atom stereocenters. The molecule has 0 spiro atoms. The van der Waals surface area contributed by atoms with Crippen LogP contribution in [-0.4, -0.2) is 50.7 Å². The Morgan fingerprint density at radius 2 is 2.18 bits per heavy atom. The van der Waals surface area contributed by atoms with Crippen molar-refractivity contribution in [3.63, 3.8) is 0 Å². The molecule has 0 saturated carbocycles. The highest BCUT2D eigenvalue weighted by Crippen LogP contribution is 2.24. The van der Waals surface area contributed by atoms with Crippen LogP contribution in [0.1, 0.15) is 33.6 Å². The SMILES string of the molecule is CC(C)(C)OC(=O)N1CCC[C@H](Nc2nccc(-c3cc(Br)cnc3F)n2)C1. The van der Waals surface area contributed by atoms with Crippen LogP contribution in [0.2, 0.25) is 0 Å². The monoisotopic (exact) mass is 451 g/mol. The highest BCUT2D eigenvalue weighted by molar-refractivity contribution is 9.10. The second-order valence-electron chi connectivity index (χ2n) is 7.67. The number of ether oxygens (including phenoxy) is 1. The first-order chi connectivity index (χ1) is 13.2. The van der Waals surface area contributed by atoms with Crippen LogP contribution in [0.25, 0.3) is 11.3 Å². The smallest absolute Gasteiger partial charge is 0.410 e. The van der Waals surface area contributed by atoms with Gasteiger partial charge in [0, 0.05) is 36.0 Å². The van der Waals surface area contributed by atoms with Crippen molar-refractivity contribution in [2.45, 2.75) is 45.3 Å². The summed E-state index contributed by atoms with van der Waals surface area (Å²) in [6, 6.07) is 3.24. The molecule has 1 fully saturated rings. The first-order valence-corrected chi connectivity index (χ1v) is 9.89. The van der Waals surface area contributed by atoms with Gasteiger partial charge in [-0.1, -0.05) is 0 Å². The molecule has 0 aliphatic carbocycles. The summed E-state index contributed by atoms with van der Waals surface area (Å²) in [5.74, 6) is -0.213. The lowest BCUT2D eigenvalue weighted by Gasteiger charge is -2.34. The lowest BCUT2D eigenvalue weighted by atomic mass is 10.1. The van der Waals surface area contributed by atoms with Crippen molar-refractivity contribution in [1.82, 2.24) is 19.9 Å². The maximum absolute atomic E-state index is 14.1. The molecule has 1 aliphatic rings.